The zero-order valence-corrected chi connectivity index (χ0v) is 22.7. The van der Waals surface area contributed by atoms with Crippen LogP contribution in [-0.2, 0) is 20.2 Å². The Bertz CT molecular complexity index is 1330. The van der Waals surface area contributed by atoms with Crippen molar-refractivity contribution >= 4 is 20.2 Å². The second-order valence-electron chi connectivity index (χ2n) is 7.76. The number of rotatable bonds is 4. The van der Waals surface area contributed by atoms with E-state index in [1.807, 2.05) is 13.8 Å². The molecule has 8 nitrogen and oxygen atoms in total. The van der Waals surface area contributed by atoms with Gasteiger partial charge in [0.1, 0.15) is 44.0 Å². The first-order valence-corrected chi connectivity index (χ1v) is 12.2. The summed E-state index contributed by atoms with van der Waals surface area (Å²) < 4.78 is 74.1. The van der Waals surface area contributed by atoms with Crippen molar-refractivity contribution in [3.63, 3.8) is 0 Å². The Balaban J connectivity index is 0.00000363. The fourth-order valence-electron chi connectivity index (χ4n) is 4.50. The molecule has 0 aliphatic heterocycles. The van der Waals surface area contributed by atoms with Crippen LogP contribution in [0, 0.1) is 41.5 Å². The minimum atomic E-state index is -4.67. The van der Waals surface area contributed by atoms with Gasteiger partial charge >= 0.3 is 29.6 Å². The molecule has 0 N–H and O–H groups in total. The molecular weight excluding hydrogens is 463 g/mol. The second kappa shape index (κ2) is 9.02. The van der Waals surface area contributed by atoms with Crippen LogP contribution in [0.15, 0.2) is 40.6 Å². The normalized spacial score (nSPS) is 12.0. The number of nitrogens with zero attached hydrogens (tertiary/aromatic N) is 2. The quantitative estimate of drug-likeness (QED) is 0.276. The van der Waals surface area contributed by atoms with Gasteiger partial charge in [-0.3, -0.25) is 0 Å². The van der Waals surface area contributed by atoms with Crippen LogP contribution < -0.4 is 34.1 Å². The molecule has 2 aromatic carbocycles. The van der Waals surface area contributed by atoms with Gasteiger partial charge in [0.15, 0.2) is 0 Å². The van der Waals surface area contributed by atoms with Gasteiger partial charge in [0, 0.05) is 11.1 Å². The van der Waals surface area contributed by atoms with Crippen LogP contribution in [0.2, 0.25) is 0 Å². The molecule has 0 radical (unpaired) electrons. The molecule has 0 bridgehead atoms. The third-order valence-corrected chi connectivity index (χ3v) is 7.63. The molecule has 0 atom stereocenters. The Hall–Kier alpha value is -1.53. The first kappa shape index (κ1) is 26.7. The molecule has 32 heavy (non-hydrogen) atoms. The van der Waals surface area contributed by atoms with Gasteiger partial charge in [0.25, 0.3) is 6.33 Å². The van der Waals surface area contributed by atoms with Crippen LogP contribution >= 0.6 is 0 Å². The van der Waals surface area contributed by atoms with Gasteiger partial charge < -0.3 is 9.11 Å². The molecular formula is C21H23N2NaO6S2. The maximum atomic E-state index is 11.8. The molecule has 3 rings (SSSR count). The van der Waals surface area contributed by atoms with Crippen molar-refractivity contribution in [1.29, 1.82) is 0 Å². The minimum absolute atomic E-state index is 0. The molecule has 0 saturated carbocycles. The summed E-state index contributed by atoms with van der Waals surface area (Å²) in [6, 6.07) is 3.28. The SMILES string of the molecule is Cc1cc(C)c(S(=O)(=O)[O-])c(C)c1-n1cc[n+](-c2c(C)cc(C)c(S(=O)(=O)[O-])c2C)c1.[Na+]. The Morgan fingerprint density at radius 1 is 0.750 bits per heavy atom. The smallest absolute Gasteiger partial charge is 0.744 e. The molecule has 3 aromatic rings. The predicted molar refractivity (Wildman–Crippen MR) is 112 cm³/mol. The van der Waals surface area contributed by atoms with Gasteiger partial charge in [-0.1, -0.05) is 12.1 Å². The summed E-state index contributed by atoms with van der Waals surface area (Å²) in [5.74, 6) is 0. The van der Waals surface area contributed by atoms with E-state index in [0.29, 0.717) is 33.6 Å². The van der Waals surface area contributed by atoms with Gasteiger partial charge in [-0.2, -0.15) is 0 Å². The number of hydrogen-bond donors (Lipinski definition) is 0. The van der Waals surface area contributed by atoms with Crippen LogP contribution in [-0.4, -0.2) is 30.5 Å². The van der Waals surface area contributed by atoms with E-state index in [0.717, 1.165) is 11.1 Å². The maximum Gasteiger partial charge on any atom is 1.00 e. The maximum absolute atomic E-state index is 11.8. The van der Waals surface area contributed by atoms with Crippen molar-refractivity contribution in [2.75, 3.05) is 0 Å². The summed E-state index contributed by atoms with van der Waals surface area (Å²) in [5, 5.41) is 0. The van der Waals surface area contributed by atoms with Crippen LogP contribution in [0.25, 0.3) is 11.4 Å². The third kappa shape index (κ3) is 4.72. The standard InChI is InChI=1S/C21H24N2O6S2.Na/c1-12-9-14(3)20(30(24,25)26)16(5)18(12)22-7-8-23(11-22)19-13(2)10-15(4)21(17(19)6)31(27,28)29;/h7-11H,1-6H3,(H-,24,25,26,27,28,29);/q;+1/p-1. The average molecular weight is 487 g/mol. The van der Waals surface area contributed by atoms with Gasteiger partial charge in [-0.25, -0.2) is 26.0 Å². The number of hydrogen-bond acceptors (Lipinski definition) is 6. The monoisotopic (exact) mass is 486 g/mol. The largest absolute Gasteiger partial charge is 1.00 e. The van der Waals surface area contributed by atoms with Crippen LogP contribution in [0.4, 0.5) is 0 Å². The number of aromatic nitrogens is 2. The van der Waals surface area contributed by atoms with E-state index in [2.05, 4.69) is 0 Å². The fraction of sp³-hybridized carbons (Fsp3) is 0.286. The molecule has 0 aliphatic rings. The first-order valence-electron chi connectivity index (χ1n) is 9.38. The molecule has 0 spiro atoms. The van der Waals surface area contributed by atoms with Crippen molar-refractivity contribution in [2.24, 2.45) is 0 Å². The molecule has 0 aliphatic carbocycles. The topological polar surface area (TPSA) is 123 Å². The summed E-state index contributed by atoms with van der Waals surface area (Å²) in [7, 11) is -9.34. The summed E-state index contributed by atoms with van der Waals surface area (Å²) >= 11 is 0. The predicted octanol–water partition coefficient (Wildman–Crippen LogP) is -0.583. The summed E-state index contributed by atoms with van der Waals surface area (Å²) in [6.45, 7) is 9.93. The minimum Gasteiger partial charge on any atom is -0.744 e. The molecule has 1 heterocycles. The molecule has 166 valence electrons. The third-order valence-electron chi connectivity index (χ3n) is 5.37. The zero-order chi connectivity index (χ0) is 23.5. The summed E-state index contributed by atoms with van der Waals surface area (Å²) in [6.07, 6.45) is 5.00. The van der Waals surface area contributed by atoms with Gasteiger partial charge in [-0.15, -0.1) is 0 Å². The van der Waals surface area contributed by atoms with E-state index in [1.165, 1.54) is 0 Å². The first-order chi connectivity index (χ1) is 14.1. The zero-order valence-electron chi connectivity index (χ0n) is 19.0. The van der Waals surface area contributed by atoms with E-state index in [-0.39, 0.29) is 39.3 Å². The van der Waals surface area contributed by atoms with E-state index < -0.39 is 20.2 Å². The summed E-state index contributed by atoms with van der Waals surface area (Å²) in [5.41, 5.74) is 4.03. The Labute approximate surface area is 210 Å². The van der Waals surface area contributed by atoms with E-state index >= 15 is 0 Å². The van der Waals surface area contributed by atoms with E-state index in [4.69, 9.17) is 0 Å². The molecule has 0 saturated heterocycles. The fourth-order valence-corrected chi connectivity index (χ4v) is 6.35. The van der Waals surface area contributed by atoms with Crippen molar-refractivity contribution < 1.29 is 60.1 Å². The molecule has 11 heteroatoms. The Morgan fingerprint density at radius 3 is 1.72 bits per heavy atom. The summed E-state index contributed by atoms with van der Waals surface area (Å²) in [4.78, 5) is -0.508. The van der Waals surface area contributed by atoms with Crippen molar-refractivity contribution in [3.05, 3.63) is 64.2 Å². The second-order valence-corrected chi connectivity index (χ2v) is 10.4. The number of benzene rings is 2. The van der Waals surface area contributed by atoms with Crippen molar-refractivity contribution in [2.45, 2.75) is 51.3 Å². The van der Waals surface area contributed by atoms with Crippen molar-refractivity contribution in [1.82, 2.24) is 4.57 Å². The average Bonchev–Trinajstić information content (AvgIpc) is 2.99. The molecule has 0 fully saturated rings. The van der Waals surface area contributed by atoms with Gasteiger partial charge in [-0.05, 0) is 63.8 Å². The van der Waals surface area contributed by atoms with Crippen LogP contribution in [0.5, 0.6) is 0 Å². The van der Waals surface area contributed by atoms with Crippen LogP contribution in [0.3, 0.4) is 0 Å². The van der Waals surface area contributed by atoms with E-state index in [9.17, 15) is 25.9 Å². The van der Waals surface area contributed by atoms with Crippen LogP contribution in [0.1, 0.15) is 33.4 Å². The number of aryl methyl sites for hydroxylation is 4. The van der Waals surface area contributed by atoms with Gasteiger partial charge in [0.2, 0.25) is 0 Å². The van der Waals surface area contributed by atoms with Gasteiger partial charge in [0.05, 0.1) is 9.79 Å². The molecule has 1 aromatic heterocycles. The van der Waals surface area contributed by atoms with Crippen molar-refractivity contribution in [3.8, 4) is 11.4 Å². The molecule has 0 unspecified atom stereocenters. The Kier molecular flexibility index (Phi) is 7.53. The van der Waals surface area contributed by atoms with E-state index in [1.54, 1.807) is 67.7 Å². The molecule has 0 amide bonds. The Morgan fingerprint density at radius 2 is 1.22 bits per heavy atom. The number of imidazole rings is 1.